The maximum Gasteiger partial charge on any atom is 0.0659 e. The van der Waals surface area contributed by atoms with Crippen molar-refractivity contribution in [2.75, 3.05) is 0 Å². The Kier molecular flexibility index (Phi) is 3.34. The molecular formula is C20H13IN4. The van der Waals surface area contributed by atoms with Crippen LogP contribution in [0.2, 0.25) is 0 Å². The molecule has 5 rings (SSSR count). The second kappa shape index (κ2) is 5.70. The maximum absolute atomic E-state index is 4.66. The van der Waals surface area contributed by atoms with Crippen molar-refractivity contribution in [1.82, 2.24) is 19.9 Å². The van der Waals surface area contributed by atoms with E-state index in [1.165, 1.54) is 3.57 Å². The molecule has 5 heteroatoms. The molecule has 0 amide bonds. The summed E-state index contributed by atoms with van der Waals surface area (Å²) in [6.45, 7) is 0. The normalized spacial score (nSPS) is 12.7. The molecule has 0 saturated heterocycles. The minimum Gasteiger partial charge on any atom is -0.355 e. The van der Waals surface area contributed by atoms with E-state index in [1.54, 1.807) is 0 Å². The van der Waals surface area contributed by atoms with Gasteiger partial charge in [0.15, 0.2) is 0 Å². The van der Waals surface area contributed by atoms with Gasteiger partial charge in [0.2, 0.25) is 0 Å². The van der Waals surface area contributed by atoms with Crippen molar-refractivity contribution in [3.63, 3.8) is 0 Å². The minimum atomic E-state index is 0.915. The number of hydrogen-bond donors (Lipinski definition) is 2. The van der Waals surface area contributed by atoms with E-state index in [9.17, 15) is 0 Å². The highest BCUT2D eigenvalue weighted by molar-refractivity contribution is 14.1. The fourth-order valence-electron chi connectivity index (χ4n) is 2.98. The lowest BCUT2D eigenvalue weighted by atomic mass is 10.3. The standard InChI is InChI=1S/C20H13IN4/c21-19-10-18-9-16-4-3-14(23-16)7-12-1-2-13(22-12)8-15-5-6-17(24-15)11-20(19)25-18/h1-11,23,25H. The molecule has 5 heterocycles. The highest BCUT2D eigenvalue weighted by Gasteiger charge is 2.03. The Hall–Kier alpha value is -2.67. The van der Waals surface area contributed by atoms with Crippen LogP contribution in [0.5, 0.6) is 0 Å². The number of halogens is 1. The van der Waals surface area contributed by atoms with Gasteiger partial charge in [-0.25, -0.2) is 9.97 Å². The van der Waals surface area contributed by atoms with Gasteiger partial charge in [0, 0.05) is 20.1 Å². The molecule has 8 bridgehead atoms. The summed E-state index contributed by atoms with van der Waals surface area (Å²) in [4.78, 5) is 16.1. The summed E-state index contributed by atoms with van der Waals surface area (Å²) in [5, 5.41) is 0. The highest BCUT2D eigenvalue weighted by Crippen LogP contribution is 2.20. The molecule has 0 unspecified atom stereocenters. The van der Waals surface area contributed by atoms with Gasteiger partial charge < -0.3 is 9.97 Å². The highest BCUT2D eigenvalue weighted by atomic mass is 127. The average molecular weight is 436 g/mol. The number of H-pyrrole nitrogens is 2. The smallest absolute Gasteiger partial charge is 0.0659 e. The molecular weight excluding hydrogens is 423 g/mol. The molecule has 2 aliphatic heterocycles. The topological polar surface area (TPSA) is 57.4 Å². The molecule has 0 spiro atoms. The molecule has 4 nitrogen and oxygen atoms in total. The molecule has 0 fully saturated rings. The molecule has 2 N–H and O–H groups in total. The lowest BCUT2D eigenvalue weighted by molar-refractivity contribution is 1.28. The van der Waals surface area contributed by atoms with Gasteiger partial charge in [-0.15, -0.1) is 0 Å². The number of hydrogen-bond acceptors (Lipinski definition) is 2. The molecule has 3 aromatic heterocycles. The van der Waals surface area contributed by atoms with E-state index in [-0.39, 0.29) is 0 Å². The first kappa shape index (κ1) is 14.7. The zero-order chi connectivity index (χ0) is 16.8. The Labute approximate surface area is 157 Å². The predicted molar refractivity (Wildman–Crippen MR) is 112 cm³/mol. The van der Waals surface area contributed by atoms with E-state index >= 15 is 0 Å². The third-order valence-electron chi connectivity index (χ3n) is 4.12. The number of fused-ring (bicyclic) bond motifs is 8. The Bertz CT molecular complexity index is 1210. The van der Waals surface area contributed by atoms with Crippen molar-refractivity contribution < 1.29 is 0 Å². The number of nitrogens with one attached hydrogen (secondary N) is 2. The summed E-state index contributed by atoms with van der Waals surface area (Å²) in [5.74, 6) is 0. The quantitative estimate of drug-likeness (QED) is 0.326. The number of aromatic nitrogens is 4. The van der Waals surface area contributed by atoms with Crippen molar-refractivity contribution in [3.8, 4) is 0 Å². The van der Waals surface area contributed by atoms with Gasteiger partial charge in [-0.3, -0.25) is 0 Å². The first-order valence-corrected chi connectivity index (χ1v) is 9.03. The summed E-state index contributed by atoms with van der Waals surface area (Å²) in [6.07, 6.45) is 8.07. The van der Waals surface area contributed by atoms with Crippen LogP contribution in [0.25, 0.3) is 46.4 Å². The van der Waals surface area contributed by atoms with Gasteiger partial charge >= 0.3 is 0 Å². The molecule has 3 aromatic rings. The van der Waals surface area contributed by atoms with Crippen molar-refractivity contribution in [2.45, 2.75) is 0 Å². The van der Waals surface area contributed by atoms with Crippen molar-refractivity contribution >= 4 is 69.0 Å². The zero-order valence-corrected chi connectivity index (χ0v) is 15.3. The van der Waals surface area contributed by atoms with E-state index < -0.39 is 0 Å². The molecule has 0 radical (unpaired) electrons. The van der Waals surface area contributed by atoms with Crippen molar-refractivity contribution in [2.24, 2.45) is 0 Å². The van der Waals surface area contributed by atoms with Gasteiger partial charge in [-0.2, -0.15) is 0 Å². The van der Waals surface area contributed by atoms with Crippen LogP contribution in [-0.4, -0.2) is 19.9 Å². The zero-order valence-electron chi connectivity index (χ0n) is 13.1. The Balaban J connectivity index is 1.87. The van der Waals surface area contributed by atoms with Crippen LogP contribution in [-0.2, 0) is 0 Å². The Morgan fingerprint density at radius 1 is 0.600 bits per heavy atom. The van der Waals surface area contributed by atoms with Crippen molar-refractivity contribution in [1.29, 1.82) is 0 Å². The van der Waals surface area contributed by atoms with Crippen molar-refractivity contribution in [3.05, 3.63) is 68.8 Å². The molecule has 0 aromatic carbocycles. The summed E-state index contributed by atoms with van der Waals surface area (Å²) in [7, 11) is 0. The first-order chi connectivity index (χ1) is 12.2. The van der Waals surface area contributed by atoms with Crippen LogP contribution in [0.3, 0.4) is 0 Å². The van der Waals surface area contributed by atoms with Crippen LogP contribution in [0.15, 0.2) is 42.5 Å². The SMILES string of the molecule is Ic1cc2cc3ccc(cc4nc(cc5nc(cc1[nH]2)C=C5)C=C4)[nH]3. The van der Waals surface area contributed by atoms with Crippen LogP contribution >= 0.6 is 22.6 Å². The lowest BCUT2D eigenvalue weighted by Crippen LogP contribution is -1.77. The summed E-state index contributed by atoms with van der Waals surface area (Å²) in [5.41, 5.74) is 7.90. The fourth-order valence-corrected chi connectivity index (χ4v) is 3.61. The second-order valence-electron chi connectivity index (χ2n) is 6.02. The molecule has 25 heavy (non-hydrogen) atoms. The first-order valence-electron chi connectivity index (χ1n) is 7.95. The number of aromatic amines is 2. The molecule has 120 valence electrons. The summed E-state index contributed by atoms with van der Waals surface area (Å²) in [6, 6.07) is 14.5. The maximum atomic E-state index is 4.66. The third-order valence-corrected chi connectivity index (χ3v) is 5.01. The number of rotatable bonds is 0. The van der Waals surface area contributed by atoms with Crippen LogP contribution < -0.4 is 0 Å². The van der Waals surface area contributed by atoms with E-state index in [1.807, 2.05) is 36.4 Å². The average Bonchev–Trinajstić information content (AvgIpc) is 3.33. The number of nitrogens with zero attached hydrogens (tertiary/aromatic N) is 2. The van der Waals surface area contributed by atoms with Crippen LogP contribution in [0.1, 0.15) is 22.8 Å². The molecule has 0 atom stereocenters. The summed E-state index contributed by atoms with van der Waals surface area (Å²) < 4.78 is 1.17. The predicted octanol–water partition coefficient (Wildman–Crippen LogP) is 5.26. The van der Waals surface area contributed by atoms with E-state index in [4.69, 9.17) is 0 Å². The van der Waals surface area contributed by atoms with Crippen LogP contribution in [0, 0.1) is 3.57 Å². The van der Waals surface area contributed by atoms with E-state index in [0.717, 1.165) is 44.8 Å². The fraction of sp³-hybridized carbons (Fsp3) is 0. The minimum absolute atomic E-state index is 0.915. The van der Waals surface area contributed by atoms with Gasteiger partial charge in [0.05, 0.1) is 28.3 Å². The van der Waals surface area contributed by atoms with E-state index in [2.05, 4.69) is 72.9 Å². The molecule has 0 aliphatic carbocycles. The second-order valence-corrected chi connectivity index (χ2v) is 7.18. The van der Waals surface area contributed by atoms with Gasteiger partial charge in [-0.05, 0) is 89.4 Å². The Morgan fingerprint density at radius 3 is 1.92 bits per heavy atom. The molecule has 2 aliphatic rings. The summed E-state index contributed by atoms with van der Waals surface area (Å²) >= 11 is 2.35. The lowest BCUT2D eigenvalue weighted by Gasteiger charge is -1.86. The Morgan fingerprint density at radius 2 is 1.20 bits per heavy atom. The van der Waals surface area contributed by atoms with Crippen LogP contribution in [0.4, 0.5) is 0 Å². The van der Waals surface area contributed by atoms with Gasteiger partial charge in [0.25, 0.3) is 0 Å². The van der Waals surface area contributed by atoms with Gasteiger partial charge in [0.1, 0.15) is 0 Å². The van der Waals surface area contributed by atoms with Gasteiger partial charge in [-0.1, -0.05) is 0 Å². The largest absolute Gasteiger partial charge is 0.355 e. The molecule has 0 saturated carbocycles. The van der Waals surface area contributed by atoms with E-state index in [0.29, 0.717) is 0 Å². The third kappa shape index (κ3) is 2.91. The monoisotopic (exact) mass is 436 g/mol.